The molecule has 1 amide bonds. The minimum atomic E-state index is 0.281. The first kappa shape index (κ1) is 16.7. The first-order valence-corrected chi connectivity index (χ1v) is 11.5. The Labute approximate surface area is 167 Å². The fourth-order valence-corrected chi connectivity index (χ4v) is 7.21. The summed E-state index contributed by atoms with van der Waals surface area (Å²) >= 11 is 8.06. The number of halogens is 1. The summed E-state index contributed by atoms with van der Waals surface area (Å²) in [5, 5.41) is 4.00. The molecule has 4 aliphatic rings. The second kappa shape index (κ2) is 5.66. The standard InChI is InChI=1S/C21H23ClN2O2S/c22-14-1-2-17-16(3-14)24-19(26-17)13-6-20(7-13)8-15(9-20)23-18(25)12-4-21(5-12)10-27-11-21/h1-3,12-13,15H,4-11H2,(H,23,25). The third-order valence-electron chi connectivity index (χ3n) is 7.33. The number of nitrogens with zero attached hydrogens (tertiary/aromatic N) is 1. The molecule has 0 bridgehead atoms. The van der Waals surface area contributed by atoms with Crippen molar-refractivity contribution in [1.29, 1.82) is 0 Å². The molecule has 0 radical (unpaired) electrons. The average molecular weight is 403 g/mol. The summed E-state index contributed by atoms with van der Waals surface area (Å²) in [6.45, 7) is 0. The summed E-state index contributed by atoms with van der Waals surface area (Å²) in [5.74, 6) is 4.39. The van der Waals surface area contributed by atoms with Gasteiger partial charge in [-0.2, -0.15) is 11.8 Å². The van der Waals surface area contributed by atoms with Crippen molar-refractivity contribution in [3.05, 3.63) is 29.1 Å². The Morgan fingerprint density at radius 1 is 1.15 bits per heavy atom. The molecule has 3 aliphatic carbocycles. The van der Waals surface area contributed by atoms with E-state index in [-0.39, 0.29) is 5.92 Å². The van der Waals surface area contributed by atoms with Gasteiger partial charge in [-0.05, 0) is 79.1 Å². The van der Waals surface area contributed by atoms with Gasteiger partial charge in [-0.25, -0.2) is 4.98 Å². The van der Waals surface area contributed by atoms with Crippen LogP contribution in [0.25, 0.3) is 11.1 Å². The highest BCUT2D eigenvalue weighted by atomic mass is 35.5. The number of fused-ring (bicyclic) bond motifs is 1. The number of amides is 1. The molecule has 1 aromatic carbocycles. The monoisotopic (exact) mass is 402 g/mol. The molecule has 1 N–H and O–H groups in total. The zero-order chi connectivity index (χ0) is 18.2. The molecule has 2 heterocycles. The van der Waals surface area contributed by atoms with Crippen molar-refractivity contribution in [2.45, 2.75) is 50.5 Å². The van der Waals surface area contributed by atoms with Crippen LogP contribution in [0, 0.1) is 16.7 Å². The molecular formula is C21H23ClN2O2S. The number of carbonyl (C=O) groups is 1. The lowest BCUT2D eigenvalue weighted by Crippen LogP contribution is -2.59. The molecular weight excluding hydrogens is 380 g/mol. The van der Waals surface area contributed by atoms with Crippen LogP contribution in [0.3, 0.4) is 0 Å². The molecule has 0 atom stereocenters. The van der Waals surface area contributed by atoms with Crippen LogP contribution < -0.4 is 5.32 Å². The van der Waals surface area contributed by atoms with Crippen LogP contribution in [-0.2, 0) is 4.79 Å². The van der Waals surface area contributed by atoms with Crippen molar-refractivity contribution in [2.75, 3.05) is 11.5 Å². The molecule has 0 unspecified atom stereocenters. The van der Waals surface area contributed by atoms with Gasteiger partial charge < -0.3 is 9.73 Å². The maximum absolute atomic E-state index is 12.4. The maximum Gasteiger partial charge on any atom is 0.223 e. The smallest absolute Gasteiger partial charge is 0.223 e. The molecule has 4 fully saturated rings. The highest BCUT2D eigenvalue weighted by Gasteiger charge is 2.56. The molecule has 1 aromatic heterocycles. The summed E-state index contributed by atoms with van der Waals surface area (Å²) < 4.78 is 5.93. The van der Waals surface area contributed by atoms with Crippen molar-refractivity contribution < 1.29 is 9.21 Å². The maximum atomic E-state index is 12.4. The van der Waals surface area contributed by atoms with Crippen molar-refractivity contribution in [3.8, 4) is 0 Å². The second-order valence-electron chi connectivity index (χ2n) is 9.48. The van der Waals surface area contributed by atoms with E-state index in [2.05, 4.69) is 10.3 Å². The molecule has 27 heavy (non-hydrogen) atoms. The zero-order valence-electron chi connectivity index (χ0n) is 15.2. The van der Waals surface area contributed by atoms with Crippen LogP contribution in [-0.4, -0.2) is 28.4 Å². The number of thioether (sulfide) groups is 1. The largest absolute Gasteiger partial charge is 0.440 e. The number of nitrogens with one attached hydrogen (secondary N) is 1. The zero-order valence-corrected chi connectivity index (χ0v) is 16.7. The molecule has 1 saturated heterocycles. The van der Waals surface area contributed by atoms with E-state index in [1.165, 1.54) is 11.5 Å². The Morgan fingerprint density at radius 3 is 2.63 bits per heavy atom. The Morgan fingerprint density at radius 2 is 1.93 bits per heavy atom. The van der Waals surface area contributed by atoms with Crippen molar-refractivity contribution in [1.82, 2.24) is 10.3 Å². The average Bonchev–Trinajstić information content (AvgIpc) is 2.87. The highest BCUT2D eigenvalue weighted by molar-refractivity contribution is 8.00. The minimum Gasteiger partial charge on any atom is -0.440 e. The topological polar surface area (TPSA) is 55.1 Å². The van der Waals surface area contributed by atoms with E-state index in [1.54, 1.807) is 0 Å². The van der Waals surface area contributed by atoms with Crippen LogP contribution in [0.1, 0.15) is 50.3 Å². The number of carbonyl (C=O) groups excluding carboxylic acids is 1. The summed E-state index contributed by atoms with van der Waals surface area (Å²) in [6, 6.07) is 5.98. The molecule has 6 rings (SSSR count). The van der Waals surface area contributed by atoms with E-state index in [1.807, 2.05) is 30.0 Å². The number of rotatable bonds is 3. The van der Waals surface area contributed by atoms with Gasteiger partial charge in [-0.1, -0.05) is 11.6 Å². The number of oxazole rings is 1. The quantitative estimate of drug-likeness (QED) is 0.803. The summed E-state index contributed by atoms with van der Waals surface area (Å²) in [6.07, 6.45) is 6.73. The fourth-order valence-electron chi connectivity index (χ4n) is 5.79. The number of aromatic nitrogens is 1. The molecule has 2 spiro atoms. The molecule has 6 heteroatoms. The van der Waals surface area contributed by atoms with E-state index in [0.29, 0.717) is 33.7 Å². The van der Waals surface area contributed by atoms with Gasteiger partial charge >= 0.3 is 0 Å². The van der Waals surface area contributed by atoms with E-state index < -0.39 is 0 Å². The summed E-state index contributed by atoms with van der Waals surface area (Å²) in [7, 11) is 0. The lowest BCUT2D eigenvalue weighted by Gasteiger charge is -2.58. The molecule has 142 valence electrons. The van der Waals surface area contributed by atoms with Gasteiger partial charge in [0.25, 0.3) is 0 Å². The van der Waals surface area contributed by atoms with Gasteiger partial charge in [-0.3, -0.25) is 4.79 Å². The van der Waals surface area contributed by atoms with Gasteiger partial charge in [0.1, 0.15) is 5.52 Å². The molecule has 1 aliphatic heterocycles. The van der Waals surface area contributed by atoms with Crippen LogP contribution in [0.15, 0.2) is 22.6 Å². The summed E-state index contributed by atoms with van der Waals surface area (Å²) in [5.41, 5.74) is 2.61. The normalized spacial score (nSPS) is 34.0. The van der Waals surface area contributed by atoms with Crippen LogP contribution in [0.4, 0.5) is 0 Å². The molecule has 2 aromatic rings. The number of hydrogen-bond acceptors (Lipinski definition) is 4. The predicted octanol–water partition coefficient (Wildman–Crippen LogP) is 4.77. The first-order valence-electron chi connectivity index (χ1n) is 9.96. The minimum absolute atomic E-state index is 0.281. The third kappa shape index (κ3) is 2.65. The lowest BCUT2D eigenvalue weighted by molar-refractivity contribution is -0.135. The number of benzene rings is 1. The molecule has 3 saturated carbocycles. The Balaban J connectivity index is 1.01. The Hall–Kier alpha value is -1.20. The molecule has 4 nitrogen and oxygen atoms in total. The summed E-state index contributed by atoms with van der Waals surface area (Å²) in [4.78, 5) is 17.1. The van der Waals surface area contributed by atoms with Gasteiger partial charge in [0, 0.05) is 22.9 Å². The number of hydrogen-bond donors (Lipinski definition) is 1. The predicted molar refractivity (Wildman–Crippen MR) is 107 cm³/mol. The lowest BCUT2D eigenvalue weighted by atomic mass is 9.50. The van der Waals surface area contributed by atoms with Crippen molar-refractivity contribution in [2.24, 2.45) is 16.7 Å². The Bertz CT molecular complexity index is 915. The van der Waals surface area contributed by atoms with E-state index in [4.69, 9.17) is 16.0 Å². The highest BCUT2D eigenvalue weighted by Crippen LogP contribution is 2.62. The van der Waals surface area contributed by atoms with Crippen LogP contribution >= 0.6 is 23.4 Å². The van der Waals surface area contributed by atoms with Gasteiger partial charge in [0.05, 0.1) is 0 Å². The van der Waals surface area contributed by atoms with Gasteiger partial charge in [0.2, 0.25) is 5.91 Å². The van der Waals surface area contributed by atoms with Crippen molar-refractivity contribution in [3.63, 3.8) is 0 Å². The Kier molecular flexibility index (Phi) is 3.51. The second-order valence-corrected chi connectivity index (χ2v) is 10.9. The van der Waals surface area contributed by atoms with Crippen LogP contribution in [0.2, 0.25) is 5.02 Å². The fraction of sp³-hybridized carbons (Fsp3) is 0.619. The van der Waals surface area contributed by atoms with E-state index in [0.717, 1.165) is 55.5 Å². The third-order valence-corrected chi connectivity index (χ3v) is 9.19. The van der Waals surface area contributed by atoms with E-state index >= 15 is 0 Å². The first-order chi connectivity index (χ1) is 13.0. The van der Waals surface area contributed by atoms with Gasteiger partial charge in [-0.15, -0.1) is 0 Å². The SMILES string of the molecule is O=C(NC1CC2(C1)CC(c1nc3cc(Cl)ccc3o1)C2)C1CC2(CSC2)C1. The van der Waals surface area contributed by atoms with E-state index in [9.17, 15) is 4.79 Å². The van der Waals surface area contributed by atoms with Gasteiger partial charge in [0.15, 0.2) is 11.5 Å². The van der Waals surface area contributed by atoms with Crippen LogP contribution in [0.5, 0.6) is 0 Å². The van der Waals surface area contributed by atoms with Crippen molar-refractivity contribution >= 4 is 40.4 Å².